The van der Waals surface area contributed by atoms with Crippen LogP contribution in [0.15, 0.2) is 24.3 Å². The zero-order valence-electron chi connectivity index (χ0n) is 8.05. The van der Waals surface area contributed by atoms with Gasteiger partial charge in [0.25, 0.3) is 0 Å². The molecule has 2 aliphatic heterocycles. The van der Waals surface area contributed by atoms with Gasteiger partial charge in [0.15, 0.2) is 0 Å². The molecule has 1 aromatic rings. The summed E-state index contributed by atoms with van der Waals surface area (Å²) in [4.78, 5) is 0. The quantitative estimate of drug-likeness (QED) is 0.653. The molecule has 1 unspecified atom stereocenters. The molecule has 2 heterocycles. The number of ether oxygens (including phenoxy) is 1. The summed E-state index contributed by atoms with van der Waals surface area (Å²) in [6.45, 7) is 2.65. The molecule has 3 rings (SSSR count). The Morgan fingerprint density at radius 3 is 2.86 bits per heavy atom. The van der Waals surface area contributed by atoms with Crippen LogP contribution in [-0.4, -0.2) is 25.3 Å². The topological polar surface area (TPSA) is 33.3 Å². The molecule has 1 spiro atoms. The summed E-state index contributed by atoms with van der Waals surface area (Å²) in [7, 11) is 0. The Balaban J connectivity index is 1.92. The molecule has 0 amide bonds. The Bertz CT molecular complexity index is 345. The molecule has 3 nitrogen and oxygen atoms in total. The van der Waals surface area contributed by atoms with Gasteiger partial charge in [0.05, 0.1) is 23.5 Å². The van der Waals surface area contributed by atoms with Gasteiger partial charge in [-0.25, -0.2) is 0 Å². The lowest BCUT2D eigenvalue weighted by Gasteiger charge is -2.36. The Kier molecular flexibility index (Phi) is 1.67. The monoisotopic (exact) mass is 190 g/mol. The van der Waals surface area contributed by atoms with Crippen LogP contribution in [0.4, 0.5) is 11.4 Å². The van der Waals surface area contributed by atoms with Crippen LogP contribution in [0.5, 0.6) is 0 Å². The van der Waals surface area contributed by atoms with E-state index in [1.807, 2.05) is 0 Å². The highest BCUT2D eigenvalue weighted by atomic mass is 16.5. The normalized spacial score (nSPS) is 29.4. The molecule has 3 heteroatoms. The number of fused-ring (bicyclic) bond motifs is 1. The second-order valence-electron chi connectivity index (χ2n) is 4.11. The summed E-state index contributed by atoms with van der Waals surface area (Å²) in [5, 5.41) is 7.04. The van der Waals surface area contributed by atoms with Gasteiger partial charge in [0, 0.05) is 13.2 Å². The molecule has 0 radical (unpaired) electrons. The first-order valence-electron chi connectivity index (χ1n) is 5.07. The minimum absolute atomic E-state index is 0.133. The standard InChI is InChI=1S/C11H14N2O/c1-2-4-10-9(3-1)12-7-11(13-10)5-6-14-8-11/h1-4,12-13H,5-8H2. The number of benzene rings is 1. The van der Waals surface area contributed by atoms with Crippen molar-refractivity contribution in [3.8, 4) is 0 Å². The van der Waals surface area contributed by atoms with E-state index in [0.717, 1.165) is 26.2 Å². The largest absolute Gasteiger partial charge is 0.381 e. The van der Waals surface area contributed by atoms with E-state index in [0.29, 0.717) is 0 Å². The zero-order valence-corrected chi connectivity index (χ0v) is 8.05. The maximum Gasteiger partial charge on any atom is 0.0801 e. The third-order valence-electron chi connectivity index (χ3n) is 3.05. The molecular weight excluding hydrogens is 176 g/mol. The van der Waals surface area contributed by atoms with Gasteiger partial charge in [-0.2, -0.15) is 0 Å². The lowest BCUT2D eigenvalue weighted by Crippen LogP contribution is -2.48. The second-order valence-corrected chi connectivity index (χ2v) is 4.11. The Labute approximate surface area is 83.5 Å². The molecule has 74 valence electrons. The predicted octanol–water partition coefficient (Wildman–Crippen LogP) is 1.68. The lowest BCUT2D eigenvalue weighted by molar-refractivity contribution is 0.184. The van der Waals surface area contributed by atoms with Crippen molar-refractivity contribution in [1.29, 1.82) is 0 Å². The van der Waals surface area contributed by atoms with Crippen LogP contribution in [0.3, 0.4) is 0 Å². The van der Waals surface area contributed by atoms with Gasteiger partial charge in [-0.3, -0.25) is 0 Å². The highest BCUT2D eigenvalue weighted by Gasteiger charge is 2.37. The fraction of sp³-hybridized carbons (Fsp3) is 0.455. The first kappa shape index (κ1) is 8.12. The molecule has 1 aromatic carbocycles. The molecule has 0 aromatic heterocycles. The van der Waals surface area contributed by atoms with Crippen LogP contribution >= 0.6 is 0 Å². The van der Waals surface area contributed by atoms with E-state index in [2.05, 4.69) is 34.9 Å². The molecule has 1 saturated heterocycles. The van der Waals surface area contributed by atoms with Crippen LogP contribution in [0.25, 0.3) is 0 Å². The molecule has 1 fully saturated rings. The van der Waals surface area contributed by atoms with Crippen molar-refractivity contribution in [2.75, 3.05) is 30.4 Å². The molecule has 14 heavy (non-hydrogen) atoms. The molecule has 1 atom stereocenters. The Morgan fingerprint density at radius 2 is 2.07 bits per heavy atom. The van der Waals surface area contributed by atoms with Gasteiger partial charge < -0.3 is 15.4 Å². The maximum absolute atomic E-state index is 5.45. The van der Waals surface area contributed by atoms with E-state index in [9.17, 15) is 0 Å². The molecular formula is C11H14N2O. The molecule has 0 saturated carbocycles. The van der Waals surface area contributed by atoms with Crippen LogP contribution in [0, 0.1) is 0 Å². The summed E-state index contributed by atoms with van der Waals surface area (Å²) in [5.41, 5.74) is 2.53. The fourth-order valence-corrected chi connectivity index (χ4v) is 2.19. The average molecular weight is 190 g/mol. The molecule has 0 aliphatic carbocycles. The third kappa shape index (κ3) is 1.16. The van der Waals surface area contributed by atoms with Crippen molar-refractivity contribution in [2.24, 2.45) is 0 Å². The van der Waals surface area contributed by atoms with Crippen molar-refractivity contribution in [1.82, 2.24) is 0 Å². The molecule has 0 bridgehead atoms. The zero-order chi connectivity index (χ0) is 9.43. The molecule has 2 N–H and O–H groups in total. The summed E-state index contributed by atoms with van der Waals surface area (Å²) in [6, 6.07) is 8.32. The SMILES string of the molecule is c1ccc2c(c1)NCC1(CCOC1)N2. The smallest absolute Gasteiger partial charge is 0.0801 e. The van der Waals surface area contributed by atoms with Crippen LogP contribution in [-0.2, 0) is 4.74 Å². The highest BCUT2D eigenvalue weighted by Crippen LogP contribution is 2.33. The van der Waals surface area contributed by atoms with Gasteiger partial charge in [-0.05, 0) is 18.6 Å². The van der Waals surface area contributed by atoms with E-state index in [1.54, 1.807) is 0 Å². The maximum atomic E-state index is 5.45. The number of hydrogen-bond donors (Lipinski definition) is 2. The number of nitrogens with one attached hydrogen (secondary N) is 2. The van der Waals surface area contributed by atoms with Gasteiger partial charge in [0.2, 0.25) is 0 Å². The molecule has 2 aliphatic rings. The van der Waals surface area contributed by atoms with Gasteiger partial charge in [0.1, 0.15) is 0 Å². The average Bonchev–Trinajstić information content (AvgIpc) is 2.66. The second kappa shape index (κ2) is 2.89. The Hall–Kier alpha value is -1.22. The number of anilines is 2. The lowest BCUT2D eigenvalue weighted by atomic mass is 9.95. The van der Waals surface area contributed by atoms with Gasteiger partial charge in [-0.15, -0.1) is 0 Å². The predicted molar refractivity (Wildman–Crippen MR) is 56.7 cm³/mol. The summed E-state index contributed by atoms with van der Waals surface area (Å²) >= 11 is 0. The van der Waals surface area contributed by atoms with E-state index in [1.165, 1.54) is 11.4 Å². The minimum atomic E-state index is 0.133. The summed E-state index contributed by atoms with van der Waals surface area (Å²) < 4.78 is 5.45. The number of para-hydroxylation sites is 2. The van der Waals surface area contributed by atoms with Crippen LogP contribution < -0.4 is 10.6 Å². The van der Waals surface area contributed by atoms with Crippen molar-refractivity contribution >= 4 is 11.4 Å². The fourth-order valence-electron chi connectivity index (χ4n) is 2.19. The van der Waals surface area contributed by atoms with Gasteiger partial charge >= 0.3 is 0 Å². The van der Waals surface area contributed by atoms with E-state index in [-0.39, 0.29) is 5.54 Å². The highest BCUT2D eigenvalue weighted by molar-refractivity contribution is 5.72. The number of rotatable bonds is 0. The first-order chi connectivity index (χ1) is 6.88. The summed E-state index contributed by atoms with van der Waals surface area (Å²) in [5.74, 6) is 0. The summed E-state index contributed by atoms with van der Waals surface area (Å²) in [6.07, 6.45) is 1.09. The van der Waals surface area contributed by atoms with E-state index < -0.39 is 0 Å². The van der Waals surface area contributed by atoms with Crippen molar-refractivity contribution in [2.45, 2.75) is 12.0 Å². The van der Waals surface area contributed by atoms with Crippen molar-refractivity contribution in [3.63, 3.8) is 0 Å². The number of hydrogen-bond acceptors (Lipinski definition) is 3. The Morgan fingerprint density at radius 1 is 1.21 bits per heavy atom. The van der Waals surface area contributed by atoms with Crippen LogP contribution in [0.1, 0.15) is 6.42 Å². The van der Waals surface area contributed by atoms with E-state index in [4.69, 9.17) is 4.74 Å². The third-order valence-corrected chi connectivity index (χ3v) is 3.05. The minimum Gasteiger partial charge on any atom is -0.381 e. The van der Waals surface area contributed by atoms with Gasteiger partial charge in [-0.1, -0.05) is 12.1 Å². The van der Waals surface area contributed by atoms with Crippen LogP contribution in [0.2, 0.25) is 0 Å². The van der Waals surface area contributed by atoms with E-state index >= 15 is 0 Å². The first-order valence-corrected chi connectivity index (χ1v) is 5.07. The van der Waals surface area contributed by atoms with Crippen molar-refractivity contribution < 1.29 is 4.74 Å². The van der Waals surface area contributed by atoms with Crippen molar-refractivity contribution in [3.05, 3.63) is 24.3 Å².